The summed E-state index contributed by atoms with van der Waals surface area (Å²) >= 11 is 0. The lowest BCUT2D eigenvalue weighted by atomic mass is 10.3. The Balaban J connectivity index is 2.28. The Morgan fingerprint density at radius 3 is 3.18 bits per heavy atom. The van der Waals surface area contributed by atoms with Crippen molar-refractivity contribution < 1.29 is 5.21 Å². The van der Waals surface area contributed by atoms with Gasteiger partial charge in [-0.25, -0.2) is 11.0 Å². The highest BCUT2D eigenvalue weighted by atomic mass is 16.5. The minimum absolute atomic E-state index is 0.401. The second kappa shape index (κ2) is 3.99. The van der Waals surface area contributed by atoms with Crippen molar-refractivity contribution in [3.63, 3.8) is 0 Å². The van der Waals surface area contributed by atoms with Crippen LogP contribution in [0.25, 0.3) is 0 Å². The summed E-state index contributed by atoms with van der Waals surface area (Å²) in [5.41, 5.74) is 7.25. The first-order valence-electron chi connectivity index (χ1n) is 3.64. The molecule has 0 radical (unpaired) electrons. The quantitative estimate of drug-likeness (QED) is 0.412. The molecule has 1 rings (SSSR count). The molecule has 1 aliphatic rings. The molecule has 11 heavy (non-hydrogen) atoms. The van der Waals surface area contributed by atoms with E-state index in [-0.39, 0.29) is 0 Å². The fourth-order valence-electron chi connectivity index (χ4n) is 0.815. The third kappa shape index (κ3) is 1.95. The highest BCUT2D eigenvalue weighted by molar-refractivity contribution is 5.78. The van der Waals surface area contributed by atoms with E-state index in [1.807, 2.05) is 5.48 Å². The Kier molecular flexibility index (Phi) is 2.94. The Morgan fingerprint density at radius 1 is 1.73 bits per heavy atom. The van der Waals surface area contributed by atoms with Crippen molar-refractivity contribution in [2.45, 2.75) is 19.8 Å². The number of hydrazone groups is 1. The summed E-state index contributed by atoms with van der Waals surface area (Å²) < 4.78 is 0. The summed E-state index contributed by atoms with van der Waals surface area (Å²) in [5.74, 6) is 0.401. The van der Waals surface area contributed by atoms with Gasteiger partial charge >= 0.3 is 0 Å². The lowest BCUT2D eigenvalue weighted by Gasteiger charge is -2.16. The van der Waals surface area contributed by atoms with Crippen molar-refractivity contribution in [3.8, 4) is 0 Å². The second-order valence-electron chi connectivity index (χ2n) is 2.28. The third-order valence-corrected chi connectivity index (χ3v) is 1.44. The number of nitrogens with one attached hydrogen (secondary N) is 3. The molecule has 0 aromatic carbocycles. The summed E-state index contributed by atoms with van der Waals surface area (Å²) in [4.78, 5) is 0. The predicted octanol–water partition coefficient (Wildman–Crippen LogP) is -0.639. The molecule has 0 unspecified atom stereocenters. The van der Waals surface area contributed by atoms with E-state index in [1.165, 1.54) is 0 Å². The van der Waals surface area contributed by atoms with Gasteiger partial charge in [0, 0.05) is 6.54 Å². The SMILES string of the molecule is CCCCN1NNN=C1NO. The van der Waals surface area contributed by atoms with Crippen molar-refractivity contribution in [2.75, 3.05) is 6.54 Å². The first-order chi connectivity index (χ1) is 5.38. The van der Waals surface area contributed by atoms with Gasteiger partial charge in [-0.2, -0.15) is 0 Å². The maximum absolute atomic E-state index is 8.53. The smallest absolute Gasteiger partial charge is 0.257 e. The van der Waals surface area contributed by atoms with Gasteiger partial charge in [-0.15, -0.1) is 10.6 Å². The molecule has 6 heteroatoms. The maximum atomic E-state index is 8.53. The molecule has 0 fully saturated rings. The van der Waals surface area contributed by atoms with E-state index in [2.05, 4.69) is 23.1 Å². The normalized spacial score (nSPS) is 16.2. The molecule has 0 atom stereocenters. The largest absolute Gasteiger partial charge is 0.288 e. The maximum Gasteiger partial charge on any atom is 0.257 e. The molecule has 0 amide bonds. The molecular formula is C5H13N5O. The average Bonchev–Trinajstić information content (AvgIpc) is 2.47. The van der Waals surface area contributed by atoms with Crippen molar-refractivity contribution in [1.82, 2.24) is 21.6 Å². The molecule has 1 aliphatic heterocycles. The van der Waals surface area contributed by atoms with Crippen LogP contribution in [0.5, 0.6) is 0 Å². The van der Waals surface area contributed by atoms with E-state index in [0.717, 1.165) is 19.4 Å². The predicted molar refractivity (Wildman–Crippen MR) is 40.2 cm³/mol. The molecule has 0 aliphatic carbocycles. The summed E-state index contributed by atoms with van der Waals surface area (Å²) in [6.45, 7) is 2.92. The van der Waals surface area contributed by atoms with Crippen molar-refractivity contribution >= 4 is 5.96 Å². The van der Waals surface area contributed by atoms with Crippen molar-refractivity contribution in [2.24, 2.45) is 5.10 Å². The minimum Gasteiger partial charge on any atom is -0.288 e. The van der Waals surface area contributed by atoms with Crippen LogP contribution in [0.1, 0.15) is 19.8 Å². The van der Waals surface area contributed by atoms with Gasteiger partial charge in [0.05, 0.1) is 0 Å². The van der Waals surface area contributed by atoms with Gasteiger partial charge in [-0.05, 0) is 6.42 Å². The zero-order valence-corrected chi connectivity index (χ0v) is 6.46. The number of hydrazine groups is 2. The molecule has 0 saturated heterocycles. The zero-order chi connectivity index (χ0) is 8.10. The van der Waals surface area contributed by atoms with Gasteiger partial charge in [0.1, 0.15) is 0 Å². The van der Waals surface area contributed by atoms with E-state index in [1.54, 1.807) is 5.01 Å². The highest BCUT2D eigenvalue weighted by Gasteiger charge is 2.13. The van der Waals surface area contributed by atoms with Crippen LogP contribution in [0.4, 0.5) is 0 Å². The van der Waals surface area contributed by atoms with Gasteiger partial charge in [-0.1, -0.05) is 13.3 Å². The fraction of sp³-hybridized carbons (Fsp3) is 0.800. The van der Waals surface area contributed by atoms with Crippen LogP contribution in [0, 0.1) is 0 Å². The molecule has 0 aromatic rings. The van der Waals surface area contributed by atoms with Crippen LogP contribution >= 0.6 is 0 Å². The van der Waals surface area contributed by atoms with E-state index in [4.69, 9.17) is 5.21 Å². The van der Waals surface area contributed by atoms with Gasteiger partial charge in [0.25, 0.3) is 5.96 Å². The second-order valence-corrected chi connectivity index (χ2v) is 2.28. The number of hydrogen-bond donors (Lipinski definition) is 4. The Morgan fingerprint density at radius 2 is 2.55 bits per heavy atom. The van der Waals surface area contributed by atoms with E-state index in [9.17, 15) is 0 Å². The fourth-order valence-corrected chi connectivity index (χ4v) is 0.815. The first kappa shape index (κ1) is 8.09. The number of guanidine groups is 1. The van der Waals surface area contributed by atoms with Crippen LogP contribution in [0.2, 0.25) is 0 Å². The Bertz CT molecular complexity index is 148. The van der Waals surface area contributed by atoms with E-state index in [0.29, 0.717) is 5.96 Å². The van der Waals surface area contributed by atoms with E-state index >= 15 is 0 Å². The van der Waals surface area contributed by atoms with Crippen LogP contribution in [-0.4, -0.2) is 22.7 Å². The standard InChI is InChI=1S/C5H13N5O/c1-2-3-4-10-5(7-11)6-8-9-10/h8-9,11H,2-4H2,1H3,(H,6,7). The number of unbranched alkanes of at least 4 members (excludes halogenated alkanes) is 1. The number of hydroxylamine groups is 1. The molecule has 0 aromatic heterocycles. The molecule has 4 N–H and O–H groups in total. The summed E-state index contributed by atoms with van der Waals surface area (Å²) in [5, 5.41) is 13.9. The summed E-state index contributed by atoms with van der Waals surface area (Å²) in [6, 6.07) is 0. The highest BCUT2D eigenvalue weighted by Crippen LogP contribution is 1.93. The first-order valence-corrected chi connectivity index (χ1v) is 3.64. The topological polar surface area (TPSA) is 71.9 Å². The number of nitrogens with zero attached hydrogens (tertiary/aromatic N) is 2. The van der Waals surface area contributed by atoms with Crippen LogP contribution in [0.3, 0.4) is 0 Å². The summed E-state index contributed by atoms with van der Waals surface area (Å²) in [7, 11) is 0. The molecule has 0 bridgehead atoms. The molecular weight excluding hydrogens is 146 g/mol. The molecule has 1 heterocycles. The van der Waals surface area contributed by atoms with Crippen molar-refractivity contribution in [3.05, 3.63) is 0 Å². The van der Waals surface area contributed by atoms with Gasteiger partial charge in [0.2, 0.25) is 0 Å². The van der Waals surface area contributed by atoms with Gasteiger partial charge in [-0.3, -0.25) is 10.2 Å². The van der Waals surface area contributed by atoms with Crippen molar-refractivity contribution in [1.29, 1.82) is 0 Å². The zero-order valence-electron chi connectivity index (χ0n) is 6.46. The third-order valence-electron chi connectivity index (χ3n) is 1.44. The Labute approximate surface area is 65.2 Å². The van der Waals surface area contributed by atoms with Crippen LogP contribution < -0.4 is 16.5 Å². The minimum atomic E-state index is 0.401. The molecule has 0 saturated carbocycles. The Hall–Kier alpha value is -1.01. The summed E-state index contributed by atoms with van der Waals surface area (Å²) in [6.07, 6.45) is 2.16. The van der Waals surface area contributed by atoms with Gasteiger partial charge in [0.15, 0.2) is 0 Å². The molecule has 6 nitrogen and oxygen atoms in total. The monoisotopic (exact) mass is 159 g/mol. The lowest BCUT2D eigenvalue weighted by Crippen LogP contribution is -2.45. The lowest BCUT2D eigenvalue weighted by molar-refractivity contribution is 0.198. The van der Waals surface area contributed by atoms with E-state index < -0.39 is 0 Å². The van der Waals surface area contributed by atoms with Crippen LogP contribution in [0.15, 0.2) is 5.10 Å². The molecule has 64 valence electrons. The van der Waals surface area contributed by atoms with Gasteiger partial charge < -0.3 is 0 Å². The average molecular weight is 159 g/mol. The molecule has 0 spiro atoms. The number of hydrogen-bond acceptors (Lipinski definition) is 6. The van der Waals surface area contributed by atoms with Crippen LogP contribution in [-0.2, 0) is 0 Å². The number of rotatable bonds is 3.